The van der Waals surface area contributed by atoms with Crippen LogP contribution in [0.15, 0.2) is 28.8 Å². The number of benzene rings is 1. The van der Waals surface area contributed by atoms with Gasteiger partial charge in [-0.25, -0.2) is 0 Å². The number of hydrogen-bond donors (Lipinski definition) is 1. The standard InChI is InChI=1S/C16H21ClN4O2/c1-3-4-8-16-19-14(20-23-16)10-21(2)11-15(22)18-13-7-5-6-12(17)9-13/h5-7,9H,3-4,8,10-11H2,1-2H3,(H,18,22). The fourth-order valence-electron chi connectivity index (χ4n) is 2.09. The molecule has 0 fully saturated rings. The predicted octanol–water partition coefficient (Wildman–Crippen LogP) is 3.14. The third kappa shape index (κ3) is 6.00. The minimum absolute atomic E-state index is 0.121. The van der Waals surface area contributed by atoms with Gasteiger partial charge in [-0.05, 0) is 31.7 Å². The highest BCUT2D eigenvalue weighted by Gasteiger charge is 2.12. The fraction of sp³-hybridized carbons (Fsp3) is 0.438. The van der Waals surface area contributed by atoms with E-state index in [1.165, 1.54) is 0 Å². The van der Waals surface area contributed by atoms with Crippen molar-refractivity contribution in [1.29, 1.82) is 0 Å². The lowest BCUT2D eigenvalue weighted by atomic mass is 10.2. The Balaban J connectivity index is 1.80. The summed E-state index contributed by atoms with van der Waals surface area (Å²) in [5, 5.41) is 7.32. The number of halogens is 1. The van der Waals surface area contributed by atoms with Crippen LogP contribution in [-0.4, -0.2) is 34.5 Å². The summed E-state index contributed by atoms with van der Waals surface area (Å²) in [6.07, 6.45) is 2.91. The van der Waals surface area contributed by atoms with Gasteiger partial charge in [0, 0.05) is 17.1 Å². The average Bonchev–Trinajstić information content (AvgIpc) is 2.92. The largest absolute Gasteiger partial charge is 0.339 e. The monoisotopic (exact) mass is 336 g/mol. The molecule has 1 aromatic heterocycles. The van der Waals surface area contributed by atoms with Crippen LogP contribution in [0, 0.1) is 0 Å². The van der Waals surface area contributed by atoms with E-state index < -0.39 is 0 Å². The van der Waals surface area contributed by atoms with Gasteiger partial charge in [-0.3, -0.25) is 9.69 Å². The van der Waals surface area contributed by atoms with Gasteiger partial charge >= 0.3 is 0 Å². The smallest absolute Gasteiger partial charge is 0.238 e. The van der Waals surface area contributed by atoms with Gasteiger partial charge in [-0.2, -0.15) is 4.98 Å². The summed E-state index contributed by atoms with van der Waals surface area (Å²) in [5.41, 5.74) is 0.678. The zero-order chi connectivity index (χ0) is 16.7. The third-order valence-electron chi connectivity index (χ3n) is 3.19. The Labute approximate surface area is 140 Å². The average molecular weight is 337 g/mol. The van der Waals surface area contributed by atoms with Crippen molar-refractivity contribution in [3.8, 4) is 0 Å². The lowest BCUT2D eigenvalue weighted by Gasteiger charge is -2.14. The van der Waals surface area contributed by atoms with Crippen molar-refractivity contribution in [3.05, 3.63) is 41.0 Å². The van der Waals surface area contributed by atoms with Crippen LogP contribution in [0.25, 0.3) is 0 Å². The summed E-state index contributed by atoms with van der Waals surface area (Å²) in [6.45, 7) is 2.80. The molecule has 2 rings (SSSR count). The van der Waals surface area contributed by atoms with E-state index in [-0.39, 0.29) is 12.5 Å². The van der Waals surface area contributed by atoms with E-state index in [2.05, 4.69) is 22.4 Å². The Morgan fingerprint density at radius 1 is 1.43 bits per heavy atom. The molecule has 0 spiro atoms. The number of carbonyl (C=O) groups is 1. The SMILES string of the molecule is CCCCc1nc(CN(C)CC(=O)Nc2cccc(Cl)c2)no1. The minimum atomic E-state index is -0.121. The minimum Gasteiger partial charge on any atom is -0.339 e. The molecule has 0 saturated carbocycles. The Morgan fingerprint density at radius 3 is 3.00 bits per heavy atom. The van der Waals surface area contributed by atoms with Gasteiger partial charge in [-0.15, -0.1) is 0 Å². The number of amides is 1. The summed E-state index contributed by atoms with van der Waals surface area (Å²) in [6, 6.07) is 7.05. The molecule has 0 saturated heterocycles. The summed E-state index contributed by atoms with van der Waals surface area (Å²) in [4.78, 5) is 18.2. The van der Waals surface area contributed by atoms with Crippen molar-refractivity contribution in [2.24, 2.45) is 0 Å². The predicted molar refractivity (Wildman–Crippen MR) is 89.3 cm³/mol. The van der Waals surface area contributed by atoms with Crippen LogP contribution < -0.4 is 5.32 Å². The second-order valence-electron chi connectivity index (χ2n) is 5.44. The van der Waals surface area contributed by atoms with Gasteiger partial charge in [0.25, 0.3) is 0 Å². The van der Waals surface area contributed by atoms with Gasteiger partial charge in [0.2, 0.25) is 11.8 Å². The van der Waals surface area contributed by atoms with E-state index in [1.54, 1.807) is 24.3 Å². The van der Waals surface area contributed by atoms with E-state index in [9.17, 15) is 4.79 Å². The summed E-state index contributed by atoms with van der Waals surface area (Å²) >= 11 is 5.89. The van der Waals surface area contributed by atoms with Crippen molar-refractivity contribution < 1.29 is 9.32 Å². The lowest BCUT2D eigenvalue weighted by molar-refractivity contribution is -0.117. The molecule has 1 N–H and O–H groups in total. The zero-order valence-electron chi connectivity index (χ0n) is 13.4. The van der Waals surface area contributed by atoms with Gasteiger partial charge in [-0.1, -0.05) is 36.2 Å². The number of anilines is 1. The molecule has 0 aliphatic carbocycles. The highest BCUT2D eigenvalue weighted by atomic mass is 35.5. The second-order valence-corrected chi connectivity index (χ2v) is 5.88. The van der Waals surface area contributed by atoms with Crippen LogP contribution >= 0.6 is 11.6 Å². The summed E-state index contributed by atoms with van der Waals surface area (Å²) in [5.74, 6) is 1.12. The Kier molecular flexibility index (Phi) is 6.55. The van der Waals surface area contributed by atoms with E-state index >= 15 is 0 Å². The number of hydrogen-bond acceptors (Lipinski definition) is 5. The molecule has 0 aliphatic rings. The quantitative estimate of drug-likeness (QED) is 0.801. The number of unbranched alkanes of at least 4 members (excludes halogenated alkanes) is 1. The first-order valence-electron chi connectivity index (χ1n) is 7.62. The Hall–Kier alpha value is -1.92. The van der Waals surface area contributed by atoms with Gasteiger partial charge in [0.05, 0.1) is 13.1 Å². The van der Waals surface area contributed by atoms with Gasteiger partial charge in [0.15, 0.2) is 5.82 Å². The van der Waals surface area contributed by atoms with Gasteiger partial charge in [0.1, 0.15) is 0 Å². The van der Waals surface area contributed by atoms with Crippen LogP contribution in [0.5, 0.6) is 0 Å². The van der Waals surface area contributed by atoms with Crippen LogP contribution in [0.1, 0.15) is 31.5 Å². The number of nitrogens with one attached hydrogen (secondary N) is 1. The van der Waals surface area contributed by atoms with Crippen LogP contribution in [0.3, 0.4) is 0 Å². The van der Waals surface area contributed by atoms with Crippen molar-refractivity contribution in [2.45, 2.75) is 32.7 Å². The van der Waals surface area contributed by atoms with Crippen LogP contribution in [0.2, 0.25) is 5.02 Å². The number of aromatic nitrogens is 2. The van der Waals surface area contributed by atoms with Crippen molar-refractivity contribution in [3.63, 3.8) is 0 Å². The number of aryl methyl sites for hydroxylation is 1. The lowest BCUT2D eigenvalue weighted by Crippen LogP contribution is -2.30. The molecule has 2 aromatic rings. The maximum atomic E-state index is 12.0. The molecule has 0 bridgehead atoms. The first-order valence-corrected chi connectivity index (χ1v) is 8.00. The molecular formula is C16H21ClN4O2. The van der Waals surface area contributed by atoms with Crippen LogP contribution in [0.4, 0.5) is 5.69 Å². The Bertz CT molecular complexity index is 645. The molecule has 1 amide bonds. The number of rotatable bonds is 8. The maximum absolute atomic E-state index is 12.0. The molecule has 7 heteroatoms. The summed E-state index contributed by atoms with van der Waals surface area (Å²) in [7, 11) is 1.83. The van der Waals surface area contributed by atoms with Crippen molar-refractivity contribution in [1.82, 2.24) is 15.0 Å². The number of likely N-dealkylation sites (N-methyl/N-ethyl adjacent to an activating group) is 1. The van der Waals surface area contributed by atoms with E-state index in [1.807, 2.05) is 11.9 Å². The molecule has 0 atom stereocenters. The topological polar surface area (TPSA) is 71.3 Å². The molecule has 6 nitrogen and oxygen atoms in total. The molecule has 1 aromatic carbocycles. The molecule has 0 radical (unpaired) electrons. The molecule has 23 heavy (non-hydrogen) atoms. The molecular weight excluding hydrogens is 316 g/mol. The number of carbonyl (C=O) groups excluding carboxylic acids is 1. The molecule has 1 heterocycles. The highest BCUT2D eigenvalue weighted by molar-refractivity contribution is 6.30. The van der Waals surface area contributed by atoms with Gasteiger partial charge < -0.3 is 9.84 Å². The second kappa shape index (κ2) is 8.64. The van der Waals surface area contributed by atoms with Crippen molar-refractivity contribution in [2.75, 3.05) is 18.9 Å². The number of nitrogens with zero attached hydrogens (tertiary/aromatic N) is 3. The third-order valence-corrected chi connectivity index (χ3v) is 3.42. The highest BCUT2D eigenvalue weighted by Crippen LogP contribution is 2.14. The van der Waals surface area contributed by atoms with Crippen molar-refractivity contribution >= 4 is 23.2 Å². The normalized spacial score (nSPS) is 11.0. The fourth-order valence-corrected chi connectivity index (χ4v) is 2.28. The molecule has 0 aliphatic heterocycles. The molecule has 0 unspecified atom stereocenters. The van der Waals surface area contributed by atoms with Crippen LogP contribution in [-0.2, 0) is 17.8 Å². The van der Waals surface area contributed by atoms with E-state index in [0.29, 0.717) is 29.0 Å². The summed E-state index contributed by atoms with van der Waals surface area (Å²) < 4.78 is 5.18. The Morgan fingerprint density at radius 2 is 2.26 bits per heavy atom. The first kappa shape index (κ1) is 17.4. The zero-order valence-corrected chi connectivity index (χ0v) is 14.1. The van der Waals surface area contributed by atoms with E-state index in [4.69, 9.17) is 16.1 Å². The first-order chi connectivity index (χ1) is 11.1. The molecule has 124 valence electrons. The van der Waals surface area contributed by atoms with E-state index in [0.717, 1.165) is 19.3 Å². The maximum Gasteiger partial charge on any atom is 0.238 e.